The number of ketones is 1. The zero-order valence-corrected chi connectivity index (χ0v) is 11.1. The van der Waals surface area contributed by atoms with Crippen LogP contribution in [-0.4, -0.2) is 18.5 Å². The highest BCUT2D eigenvalue weighted by Crippen LogP contribution is 2.30. The Hall–Kier alpha value is -0.570. The number of carbonyl (C=O) groups is 1. The second-order valence-corrected chi connectivity index (χ2v) is 5.04. The van der Waals surface area contributed by atoms with Gasteiger partial charge in [-0.1, -0.05) is 30.1 Å². The van der Waals surface area contributed by atoms with Gasteiger partial charge < -0.3 is 4.74 Å². The molecule has 0 aromatic heterocycles. The molecule has 0 aliphatic carbocycles. The first kappa shape index (κ1) is 12.9. The summed E-state index contributed by atoms with van der Waals surface area (Å²) in [5.41, 5.74) is 0.546. The first-order valence-corrected chi connectivity index (χ1v) is 6.50. The summed E-state index contributed by atoms with van der Waals surface area (Å²) in [6, 6.07) is 4.99. The monoisotopic (exact) mass is 272 g/mol. The fourth-order valence-corrected chi connectivity index (χ4v) is 2.74. The number of Topliss-reactive ketones (excluding diaryl/α,β-unsaturated/α-hetero) is 1. The summed E-state index contributed by atoms with van der Waals surface area (Å²) in [6.07, 6.45) is 1.65. The highest BCUT2D eigenvalue weighted by Gasteiger charge is 2.33. The Balaban J connectivity index is 2.24. The van der Waals surface area contributed by atoms with Crippen LogP contribution in [0.25, 0.3) is 0 Å². The minimum absolute atomic E-state index is 0.0224. The highest BCUT2D eigenvalue weighted by molar-refractivity contribution is 6.36. The lowest BCUT2D eigenvalue weighted by Gasteiger charge is -2.16. The van der Waals surface area contributed by atoms with Crippen molar-refractivity contribution in [3.05, 3.63) is 33.8 Å². The van der Waals surface area contributed by atoms with Gasteiger partial charge in [-0.15, -0.1) is 0 Å². The Kier molecular flexibility index (Phi) is 4.08. The SMILES string of the molecule is CCC1OCCC1C(=O)c1ccc(Cl)cc1Cl. The fraction of sp³-hybridized carbons (Fsp3) is 0.462. The van der Waals surface area contributed by atoms with E-state index in [2.05, 4.69) is 0 Å². The van der Waals surface area contributed by atoms with Gasteiger partial charge in [0, 0.05) is 17.2 Å². The number of hydrogen-bond acceptors (Lipinski definition) is 2. The molecule has 1 aromatic carbocycles. The summed E-state index contributed by atoms with van der Waals surface area (Å²) in [6.45, 7) is 2.68. The molecule has 1 aromatic rings. The van der Waals surface area contributed by atoms with Crippen LogP contribution in [0.2, 0.25) is 10.0 Å². The predicted octanol–water partition coefficient (Wildman–Crippen LogP) is 3.99. The normalized spacial score (nSPS) is 23.9. The minimum Gasteiger partial charge on any atom is -0.377 e. The molecule has 0 radical (unpaired) electrons. The van der Waals surface area contributed by atoms with Crippen LogP contribution in [-0.2, 0) is 4.74 Å². The Morgan fingerprint density at radius 3 is 2.88 bits per heavy atom. The van der Waals surface area contributed by atoms with Gasteiger partial charge in [-0.25, -0.2) is 0 Å². The van der Waals surface area contributed by atoms with Crippen LogP contribution in [0.3, 0.4) is 0 Å². The Morgan fingerprint density at radius 1 is 1.47 bits per heavy atom. The fourth-order valence-electron chi connectivity index (χ4n) is 2.24. The molecule has 0 spiro atoms. The molecule has 1 saturated heterocycles. The van der Waals surface area contributed by atoms with Crippen molar-refractivity contribution >= 4 is 29.0 Å². The van der Waals surface area contributed by atoms with Crippen LogP contribution in [0, 0.1) is 5.92 Å². The van der Waals surface area contributed by atoms with Gasteiger partial charge in [-0.3, -0.25) is 4.79 Å². The molecule has 1 aliphatic heterocycles. The molecule has 1 aliphatic rings. The maximum atomic E-state index is 12.3. The van der Waals surface area contributed by atoms with Gasteiger partial charge in [0.2, 0.25) is 0 Å². The van der Waals surface area contributed by atoms with Gasteiger partial charge in [0.25, 0.3) is 0 Å². The van der Waals surface area contributed by atoms with Gasteiger partial charge in [-0.2, -0.15) is 0 Å². The Morgan fingerprint density at radius 2 is 2.24 bits per heavy atom. The van der Waals surface area contributed by atoms with E-state index in [9.17, 15) is 4.79 Å². The van der Waals surface area contributed by atoms with Gasteiger partial charge in [0.05, 0.1) is 17.0 Å². The van der Waals surface area contributed by atoms with Crippen molar-refractivity contribution < 1.29 is 9.53 Å². The van der Waals surface area contributed by atoms with Gasteiger partial charge >= 0.3 is 0 Å². The van der Waals surface area contributed by atoms with E-state index >= 15 is 0 Å². The molecule has 17 heavy (non-hydrogen) atoms. The van der Waals surface area contributed by atoms with E-state index < -0.39 is 0 Å². The summed E-state index contributed by atoms with van der Waals surface area (Å²) in [5.74, 6) is -0.00491. The van der Waals surface area contributed by atoms with Crippen LogP contribution in [0.4, 0.5) is 0 Å². The van der Waals surface area contributed by atoms with E-state index in [0.717, 1.165) is 12.8 Å². The van der Waals surface area contributed by atoms with E-state index in [0.29, 0.717) is 22.2 Å². The smallest absolute Gasteiger partial charge is 0.170 e. The molecular formula is C13H14Cl2O2. The average molecular weight is 273 g/mol. The first-order valence-electron chi connectivity index (χ1n) is 5.74. The zero-order chi connectivity index (χ0) is 12.4. The molecular weight excluding hydrogens is 259 g/mol. The zero-order valence-electron chi connectivity index (χ0n) is 9.58. The van der Waals surface area contributed by atoms with Crippen molar-refractivity contribution in [2.75, 3.05) is 6.61 Å². The second-order valence-electron chi connectivity index (χ2n) is 4.20. The number of halogens is 2. The topological polar surface area (TPSA) is 26.3 Å². The van der Waals surface area contributed by atoms with Gasteiger partial charge in [0.1, 0.15) is 0 Å². The maximum Gasteiger partial charge on any atom is 0.170 e. The third-order valence-electron chi connectivity index (χ3n) is 3.15. The lowest BCUT2D eigenvalue weighted by atomic mass is 9.90. The van der Waals surface area contributed by atoms with Crippen molar-refractivity contribution in [2.24, 2.45) is 5.92 Å². The van der Waals surface area contributed by atoms with Crippen LogP contribution >= 0.6 is 23.2 Å². The molecule has 2 rings (SSSR count). The number of hydrogen-bond donors (Lipinski definition) is 0. The minimum atomic E-state index is -0.0707. The number of rotatable bonds is 3. The molecule has 2 atom stereocenters. The summed E-state index contributed by atoms with van der Waals surface area (Å²) < 4.78 is 5.53. The third kappa shape index (κ3) is 2.65. The number of benzene rings is 1. The molecule has 1 heterocycles. The van der Waals surface area contributed by atoms with E-state index in [4.69, 9.17) is 27.9 Å². The van der Waals surface area contributed by atoms with Crippen LogP contribution < -0.4 is 0 Å². The third-order valence-corrected chi connectivity index (χ3v) is 3.69. The molecule has 2 unspecified atom stereocenters. The van der Waals surface area contributed by atoms with E-state index in [-0.39, 0.29) is 17.8 Å². The van der Waals surface area contributed by atoms with Crippen molar-refractivity contribution in [1.82, 2.24) is 0 Å². The van der Waals surface area contributed by atoms with E-state index in [1.54, 1.807) is 18.2 Å². The molecule has 1 fully saturated rings. The number of carbonyl (C=O) groups excluding carboxylic acids is 1. The molecule has 0 N–H and O–H groups in total. The molecule has 0 bridgehead atoms. The molecule has 2 nitrogen and oxygen atoms in total. The lowest BCUT2D eigenvalue weighted by Crippen LogP contribution is -2.24. The van der Waals surface area contributed by atoms with Gasteiger partial charge in [0.15, 0.2) is 5.78 Å². The lowest BCUT2D eigenvalue weighted by molar-refractivity contribution is 0.0689. The standard InChI is InChI=1S/C13H14Cl2O2/c1-2-12-10(5-6-17-12)13(16)9-4-3-8(14)7-11(9)15/h3-4,7,10,12H,2,5-6H2,1H3. The van der Waals surface area contributed by atoms with Crippen molar-refractivity contribution in [1.29, 1.82) is 0 Å². The molecule has 0 amide bonds. The Labute approximate surface area is 111 Å². The summed E-state index contributed by atoms with van der Waals surface area (Å²) in [7, 11) is 0. The largest absolute Gasteiger partial charge is 0.377 e. The number of ether oxygens (including phenoxy) is 1. The van der Waals surface area contributed by atoms with Crippen LogP contribution in [0.15, 0.2) is 18.2 Å². The maximum absolute atomic E-state index is 12.3. The average Bonchev–Trinajstić information content (AvgIpc) is 2.76. The summed E-state index contributed by atoms with van der Waals surface area (Å²) in [4.78, 5) is 12.3. The Bertz CT molecular complexity index is 431. The summed E-state index contributed by atoms with van der Waals surface area (Å²) >= 11 is 11.9. The summed E-state index contributed by atoms with van der Waals surface area (Å²) in [5, 5.41) is 0.963. The quantitative estimate of drug-likeness (QED) is 0.778. The molecule has 92 valence electrons. The molecule has 4 heteroatoms. The van der Waals surface area contributed by atoms with Gasteiger partial charge in [-0.05, 0) is 31.0 Å². The highest BCUT2D eigenvalue weighted by atomic mass is 35.5. The van der Waals surface area contributed by atoms with Crippen molar-refractivity contribution in [3.8, 4) is 0 Å². The van der Waals surface area contributed by atoms with Crippen molar-refractivity contribution in [3.63, 3.8) is 0 Å². The predicted molar refractivity (Wildman–Crippen MR) is 68.9 cm³/mol. The second kappa shape index (κ2) is 5.38. The van der Waals surface area contributed by atoms with E-state index in [1.165, 1.54) is 0 Å². The molecule has 0 saturated carbocycles. The van der Waals surface area contributed by atoms with E-state index in [1.807, 2.05) is 6.92 Å². The first-order chi connectivity index (χ1) is 8.13. The van der Waals surface area contributed by atoms with Crippen LogP contribution in [0.5, 0.6) is 0 Å². The van der Waals surface area contributed by atoms with Crippen LogP contribution in [0.1, 0.15) is 30.1 Å². The van der Waals surface area contributed by atoms with Crippen molar-refractivity contribution in [2.45, 2.75) is 25.9 Å².